The second-order valence-electron chi connectivity index (χ2n) is 3.33. The number of hydrogen-bond acceptors (Lipinski definition) is 2. The number of ether oxygens (including phenoxy) is 1. The van der Waals surface area contributed by atoms with Gasteiger partial charge in [0.2, 0.25) is 0 Å². The van der Waals surface area contributed by atoms with Gasteiger partial charge in [0.25, 0.3) is 0 Å². The molecule has 88 valence electrons. The summed E-state index contributed by atoms with van der Waals surface area (Å²) in [6.07, 6.45) is 1.69. The van der Waals surface area contributed by atoms with Crippen molar-refractivity contribution >= 4 is 31.9 Å². The van der Waals surface area contributed by atoms with Crippen LogP contribution in [0.2, 0.25) is 0 Å². The summed E-state index contributed by atoms with van der Waals surface area (Å²) in [6.45, 7) is 0.301. The average molecular weight is 361 g/mol. The second-order valence-corrected chi connectivity index (χ2v) is 5.10. The maximum Gasteiger partial charge on any atom is 0.136 e. The molecule has 0 unspecified atom stereocenters. The molecule has 0 saturated heterocycles. The third-order valence-electron chi connectivity index (χ3n) is 2.06. The number of benzene rings is 1. The van der Waals surface area contributed by atoms with Crippen LogP contribution in [0.4, 0.5) is 4.39 Å². The van der Waals surface area contributed by atoms with Crippen LogP contribution in [0.25, 0.3) is 0 Å². The van der Waals surface area contributed by atoms with Crippen molar-refractivity contribution in [2.75, 3.05) is 0 Å². The van der Waals surface area contributed by atoms with E-state index in [1.54, 1.807) is 12.3 Å². The van der Waals surface area contributed by atoms with Gasteiger partial charge in [-0.1, -0.05) is 0 Å². The van der Waals surface area contributed by atoms with Crippen LogP contribution in [0.1, 0.15) is 5.69 Å². The fourth-order valence-corrected chi connectivity index (χ4v) is 1.83. The number of aromatic nitrogens is 1. The van der Waals surface area contributed by atoms with Crippen molar-refractivity contribution in [3.8, 4) is 5.75 Å². The second kappa shape index (κ2) is 5.60. The molecule has 0 spiro atoms. The molecule has 2 rings (SSSR count). The van der Waals surface area contributed by atoms with Crippen LogP contribution in [0.15, 0.2) is 45.5 Å². The SMILES string of the molecule is Fc1ccc(Br)c(OCc2ccc(Br)cn2)c1. The Morgan fingerprint density at radius 3 is 2.71 bits per heavy atom. The highest BCUT2D eigenvalue weighted by atomic mass is 79.9. The third kappa shape index (κ3) is 3.51. The van der Waals surface area contributed by atoms with Crippen molar-refractivity contribution in [1.82, 2.24) is 4.98 Å². The van der Waals surface area contributed by atoms with Gasteiger partial charge in [-0.25, -0.2) is 4.39 Å². The van der Waals surface area contributed by atoms with E-state index in [1.165, 1.54) is 12.1 Å². The number of rotatable bonds is 3. The lowest BCUT2D eigenvalue weighted by Crippen LogP contribution is -1.98. The van der Waals surface area contributed by atoms with Gasteiger partial charge < -0.3 is 4.74 Å². The van der Waals surface area contributed by atoms with Crippen molar-refractivity contribution in [2.24, 2.45) is 0 Å². The first-order valence-electron chi connectivity index (χ1n) is 4.83. The number of nitrogens with zero attached hydrogens (tertiary/aromatic N) is 1. The summed E-state index contributed by atoms with van der Waals surface area (Å²) in [4.78, 5) is 4.16. The molecule has 0 N–H and O–H groups in total. The van der Waals surface area contributed by atoms with Gasteiger partial charge in [-0.15, -0.1) is 0 Å². The molecule has 1 aromatic carbocycles. The molecule has 17 heavy (non-hydrogen) atoms. The van der Waals surface area contributed by atoms with E-state index in [0.717, 1.165) is 14.6 Å². The van der Waals surface area contributed by atoms with E-state index in [1.807, 2.05) is 12.1 Å². The molecule has 1 aromatic heterocycles. The van der Waals surface area contributed by atoms with E-state index in [-0.39, 0.29) is 5.82 Å². The first-order chi connectivity index (χ1) is 8.15. The Hall–Kier alpha value is -0.940. The molecule has 2 nitrogen and oxygen atoms in total. The smallest absolute Gasteiger partial charge is 0.136 e. The minimum atomic E-state index is -0.327. The third-order valence-corrected chi connectivity index (χ3v) is 3.18. The molecule has 0 saturated carbocycles. The summed E-state index contributed by atoms with van der Waals surface area (Å²) in [5.41, 5.74) is 0.782. The van der Waals surface area contributed by atoms with Crippen LogP contribution in [0.5, 0.6) is 5.75 Å². The predicted molar refractivity (Wildman–Crippen MR) is 70.4 cm³/mol. The van der Waals surface area contributed by atoms with Gasteiger partial charge in [-0.2, -0.15) is 0 Å². The fourth-order valence-electron chi connectivity index (χ4n) is 1.23. The van der Waals surface area contributed by atoms with E-state index in [4.69, 9.17) is 4.74 Å². The van der Waals surface area contributed by atoms with Crippen LogP contribution >= 0.6 is 31.9 Å². The lowest BCUT2D eigenvalue weighted by molar-refractivity contribution is 0.298. The Kier molecular flexibility index (Phi) is 4.12. The van der Waals surface area contributed by atoms with Gasteiger partial charge in [-0.3, -0.25) is 4.98 Å². The van der Waals surface area contributed by atoms with Gasteiger partial charge >= 0.3 is 0 Å². The summed E-state index contributed by atoms with van der Waals surface area (Å²) in [7, 11) is 0. The maximum atomic E-state index is 13.0. The molecule has 5 heteroatoms. The standard InChI is InChI=1S/C12H8Br2FNO/c13-8-1-3-10(16-6-8)7-17-12-5-9(15)2-4-11(12)14/h1-6H,7H2. The Labute approximate surface area is 115 Å². The van der Waals surface area contributed by atoms with Crippen LogP contribution in [-0.2, 0) is 6.61 Å². The number of hydrogen-bond donors (Lipinski definition) is 0. The molecule has 0 aliphatic heterocycles. The fraction of sp³-hybridized carbons (Fsp3) is 0.0833. The Morgan fingerprint density at radius 2 is 2.00 bits per heavy atom. The van der Waals surface area contributed by atoms with Crippen LogP contribution in [0.3, 0.4) is 0 Å². The Morgan fingerprint density at radius 1 is 1.18 bits per heavy atom. The van der Waals surface area contributed by atoms with Gasteiger partial charge in [0.05, 0.1) is 10.2 Å². The van der Waals surface area contributed by atoms with Gasteiger partial charge in [0, 0.05) is 16.7 Å². The maximum absolute atomic E-state index is 13.0. The summed E-state index contributed by atoms with van der Waals surface area (Å²) < 4.78 is 20.1. The molecule has 0 fully saturated rings. The topological polar surface area (TPSA) is 22.1 Å². The Bertz CT molecular complexity index is 516. The van der Waals surface area contributed by atoms with Crippen molar-refractivity contribution < 1.29 is 9.13 Å². The zero-order chi connectivity index (χ0) is 12.3. The normalized spacial score (nSPS) is 10.3. The highest BCUT2D eigenvalue weighted by Gasteiger charge is 2.03. The quantitative estimate of drug-likeness (QED) is 0.812. The lowest BCUT2D eigenvalue weighted by Gasteiger charge is -2.07. The van der Waals surface area contributed by atoms with Crippen molar-refractivity contribution in [3.05, 3.63) is 57.0 Å². The van der Waals surface area contributed by atoms with Crippen molar-refractivity contribution in [2.45, 2.75) is 6.61 Å². The molecule has 0 bridgehead atoms. The van der Waals surface area contributed by atoms with E-state index in [0.29, 0.717) is 12.4 Å². The highest BCUT2D eigenvalue weighted by molar-refractivity contribution is 9.10. The van der Waals surface area contributed by atoms with Crippen LogP contribution < -0.4 is 4.74 Å². The molecule has 0 aliphatic carbocycles. The molecule has 0 aliphatic rings. The minimum Gasteiger partial charge on any atom is -0.486 e. The van der Waals surface area contributed by atoms with E-state index < -0.39 is 0 Å². The van der Waals surface area contributed by atoms with Crippen molar-refractivity contribution in [1.29, 1.82) is 0 Å². The number of pyridine rings is 1. The van der Waals surface area contributed by atoms with Gasteiger partial charge in [0.1, 0.15) is 18.2 Å². The zero-order valence-electron chi connectivity index (χ0n) is 8.66. The molecule has 1 heterocycles. The Balaban J connectivity index is 2.07. The van der Waals surface area contributed by atoms with Crippen molar-refractivity contribution in [3.63, 3.8) is 0 Å². The zero-order valence-corrected chi connectivity index (χ0v) is 11.8. The summed E-state index contributed by atoms with van der Waals surface area (Å²) in [6, 6.07) is 8.04. The van der Waals surface area contributed by atoms with Gasteiger partial charge in [-0.05, 0) is 56.1 Å². The minimum absolute atomic E-state index is 0.301. The summed E-state index contributed by atoms with van der Waals surface area (Å²) in [5, 5.41) is 0. The summed E-state index contributed by atoms with van der Waals surface area (Å²) >= 11 is 6.60. The monoisotopic (exact) mass is 359 g/mol. The molecule has 0 radical (unpaired) electrons. The molecule has 2 aromatic rings. The summed E-state index contributed by atoms with van der Waals surface area (Å²) in [5.74, 6) is 0.140. The molecule has 0 amide bonds. The lowest BCUT2D eigenvalue weighted by atomic mass is 10.3. The molecular weight excluding hydrogens is 353 g/mol. The van der Waals surface area contributed by atoms with Crippen LogP contribution in [0, 0.1) is 5.82 Å². The average Bonchev–Trinajstić information content (AvgIpc) is 2.32. The highest BCUT2D eigenvalue weighted by Crippen LogP contribution is 2.26. The van der Waals surface area contributed by atoms with Gasteiger partial charge in [0.15, 0.2) is 0 Å². The van der Waals surface area contributed by atoms with E-state index in [9.17, 15) is 4.39 Å². The van der Waals surface area contributed by atoms with Crippen LogP contribution in [-0.4, -0.2) is 4.98 Å². The predicted octanol–water partition coefficient (Wildman–Crippen LogP) is 4.32. The van der Waals surface area contributed by atoms with E-state index >= 15 is 0 Å². The molecule has 0 atom stereocenters. The molecular formula is C12H8Br2FNO. The largest absolute Gasteiger partial charge is 0.486 e. The van der Waals surface area contributed by atoms with E-state index in [2.05, 4.69) is 36.8 Å². The number of halogens is 3. The first-order valence-corrected chi connectivity index (χ1v) is 6.42. The first kappa shape index (κ1) is 12.5.